The number of morpholine rings is 1. The smallest absolute Gasteiger partial charge is 0.191 e. The van der Waals surface area contributed by atoms with Crippen molar-refractivity contribution < 1.29 is 4.74 Å². The van der Waals surface area contributed by atoms with E-state index in [2.05, 4.69) is 28.6 Å². The molecular weight excluding hydrogens is 367 g/mol. The lowest BCUT2D eigenvalue weighted by molar-refractivity contribution is 0.0673. The molecule has 0 aromatic carbocycles. The Balaban J connectivity index is 0.00000200. The van der Waals surface area contributed by atoms with E-state index < -0.39 is 0 Å². The van der Waals surface area contributed by atoms with Crippen LogP contribution in [0.25, 0.3) is 0 Å². The lowest BCUT2D eigenvalue weighted by Crippen LogP contribution is -2.45. The summed E-state index contributed by atoms with van der Waals surface area (Å²) in [7, 11) is 0. The maximum atomic E-state index is 6.08. The molecule has 20 heavy (non-hydrogen) atoms. The van der Waals surface area contributed by atoms with Crippen molar-refractivity contribution in [2.75, 3.05) is 45.9 Å². The van der Waals surface area contributed by atoms with Gasteiger partial charge in [-0.15, -0.1) is 24.0 Å². The highest BCUT2D eigenvalue weighted by atomic mass is 127. The molecule has 0 spiro atoms. The number of halogens is 1. The minimum atomic E-state index is 0. The third-order valence-electron chi connectivity index (χ3n) is 3.90. The van der Waals surface area contributed by atoms with Crippen LogP contribution in [0, 0.1) is 5.92 Å². The van der Waals surface area contributed by atoms with Crippen LogP contribution in [0.2, 0.25) is 0 Å². The van der Waals surface area contributed by atoms with Crippen LogP contribution < -0.4 is 5.73 Å². The number of rotatable bonds is 4. The maximum Gasteiger partial charge on any atom is 0.191 e. The summed E-state index contributed by atoms with van der Waals surface area (Å²) < 4.78 is 5.33. The zero-order chi connectivity index (χ0) is 13.7. The second kappa shape index (κ2) is 9.04. The molecule has 5 nitrogen and oxygen atoms in total. The van der Waals surface area contributed by atoms with Gasteiger partial charge in [-0.05, 0) is 25.3 Å². The first-order valence-electron chi connectivity index (χ1n) is 7.53. The zero-order valence-electron chi connectivity index (χ0n) is 12.8. The Morgan fingerprint density at radius 2 is 2.00 bits per heavy atom. The van der Waals surface area contributed by atoms with Gasteiger partial charge in [0.2, 0.25) is 0 Å². The molecule has 0 aromatic rings. The van der Waals surface area contributed by atoms with Crippen molar-refractivity contribution >= 4 is 29.9 Å². The van der Waals surface area contributed by atoms with Crippen molar-refractivity contribution in [3.63, 3.8) is 0 Å². The molecule has 0 saturated carbocycles. The van der Waals surface area contributed by atoms with Crippen molar-refractivity contribution in [2.24, 2.45) is 16.6 Å². The van der Waals surface area contributed by atoms with Gasteiger partial charge in [0.25, 0.3) is 0 Å². The number of nitrogens with two attached hydrogens (primary N) is 1. The summed E-state index contributed by atoms with van der Waals surface area (Å²) in [5.74, 6) is 1.42. The van der Waals surface area contributed by atoms with Crippen molar-refractivity contribution in [1.82, 2.24) is 9.80 Å². The molecule has 2 fully saturated rings. The molecule has 2 saturated heterocycles. The summed E-state index contributed by atoms with van der Waals surface area (Å²) in [5.41, 5.74) is 6.08. The van der Waals surface area contributed by atoms with E-state index in [4.69, 9.17) is 10.5 Å². The summed E-state index contributed by atoms with van der Waals surface area (Å²) >= 11 is 0. The van der Waals surface area contributed by atoms with Gasteiger partial charge in [0, 0.05) is 25.7 Å². The molecule has 0 aliphatic carbocycles. The summed E-state index contributed by atoms with van der Waals surface area (Å²) in [5, 5.41) is 0. The molecule has 0 unspecified atom stereocenters. The first-order chi connectivity index (χ1) is 9.16. The van der Waals surface area contributed by atoms with E-state index in [0.29, 0.717) is 12.0 Å². The van der Waals surface area contributed by atoms with Gasteiger partial charge in [0.1, 0.15) is 0 Å². The van der Waals surface area contributed by atoms with Crippen molar-refractivity contribution in [3.8, 4) is 0 Å². The molecule has 0 bridgehead atoms. The van der Waals surface area contributed by atoms with Crippen LogP contribution in [-0.4, -0.2) is 67.7 Å². The molecule has 0 aromatic heterocycles. The van der Waals surface area contributed by atoms with Gasteiger partial charge in [-0.3, -0.25) is 9.89 Å². The number of ether oxygens (including phenoxy) is 1. The number of hydrogen-bond acceptors (Lipinski definition) is 3. The zero-order valence-corrected chi connectivity index (χ0v) is 15.1. The number of hydrogen-bond donors (Lipinski definition) is 1. The molecule has 2 rings (SSSR count). The highest BCUT2D eigenvalue weighted by molar-refractivity contribution is 14.0. The summed E-state index contributed by atoms with van der Waals surface area (Å²) in [6.45, 7) is 11.1. The number of likely N-dealkylation sites (tertiary alicyclic amines) is 1. The predicted molar refractivity (Wildman–Crippen MR) is 93.7 cm³/mol. The highest BCUT2D eigenvalue weighted by Crippen LogP contribution is 2.18. The van der Waals surface area contributed by atoms with Crippen LogP contribution in [0.4, 0.5) is 0 Å². The van der Waals surface area contributed by atoms with Crippen molar-refractivity contribution in [1.29, 1.82) is 0 Å². The minimum absolute atomic E-state index is 0. The van der Waals surface area contributed by atoms with Gasteiger partial charge in [0.05, 0.1) is 19.8 Å². The second-order valence-corrected chi connectivity index (χ2v) is 5.98. The van der Waals surface area contributed by atoms with Gasteiger partial charge in [0.15, 0.2) is 5.96 Å². The molecule has 118 valence electrons. The third-order valence-corrected chi connectivity index (χ3v) is 3.90. The minimum Gasteiger partial charge on any atom is -0.378 e. The fourth-order valence-electron chi connectivity index (χ4n) is 2.90. The Morgan fingerprint density at radius 1 is 1.30 bits per heavy atom. The van der Waals surface area contributed by atoms with Gasteiger partial charge in [-0.2, -0.15) is 0 Å². The van der Waals surface area contributed by atoms with Crippen LogP contribution in [-0.2, 0) is 4.74 Å². The molecule has 2 aliphatic rings. The van der Waals surface area contributed by atoms with E-state index in [-0.39, 0.29) is 24.0 Å². The highest BCUT2D eigenvalue weighted by Gasteiger charge is 2.24. The van der Waals surface area contributed by atoms with E-state index >= 15 is 0 Å². The van der Waals surface area contributed by atoms with Crippen molar-refractivity contribution in [2.45, 2.75) is 32.7 Å². The topological polar surface area (TPSA) is 54.1 Å². The summed E-state index contributed by atoms with van der Waals surface area (Å²) in [6.07, 6.45) is 2.55. The van der Waals surface area contributed by atoms with Gasteiger partial charge in [-0.1, -0.05) is 13.8 Å². The molecule has 2 heterocycles. The average molecular weight is 396 g/mol. The Bertz CT molecular complexity index is 306. The van der Waals surface area contributed by atoms with E-state index in [1.54, 1.807) is 0 Å². The van der Waals surface area contributed by atoms with E-state index in [1.165, 1.54) is 25.9 Å². The van der Waals surface area contributed by atoms with E-state index in [0.717, 1.165) is 38.8 Å². The number of aliphatic imine (C=N–C) groups is 1. The molecule has 0 radical (unpaired) electrons. The normalized spacial score (nSPS) is 25.1. The second-order valence-electron chi connectivity index (χ2n) is 5.98. The molecule has 2 aliphatic heterocycles. The molecule has 6 heteroatoms. The first kappa shape index (κ1) is 18.0. The molecule has 2 N–H and O–H groups in total. The number of guanidine groups is 1. The summed E-state index contributed by atoms with van der Waals surface area (Å²) in [4.78, 5) is 9.31. The Labute approximate surface area is 139 Å². The predicted octanol–water partition coefficient (Wildman–Crippen LogP) is 1.37. The summed E-state index contributed by atoms with van der Waals surface area (Å²) in [6, 6.07) is 0.585. The van der Waals surface area contributed by atoms with E-state index in [9.17, 15) is 0 Å². The third kappa shape index (κ3) is 5.37. The van der Waals surface area contributed by atoms with Gasteiger partial charge >= 0.3 is 0 Å². The Morgan fingerprint density at radius 3 is 2.65 bits per heavy atom. The fourth-order valence-corrected chi connectivity index (χ4v) is 2.90. The van der Waals surface area contributed by atoms with Crippen LogP contribution in [0.1, 0.15) is 26.7 Å². The molecule has 0 amide bonds. The Kier molecular flexibility index (Phi) is 8.13. The van der Waals surface area contributed by atoms with Crippen LogP contribution in [0.15, 0.2) is 4.99 Å². The van der Waals surface area contributed by atoms with Crippen LogP contribution in [0.3, 0.4) is 0 Å². The standard InChI is InChI=1S/C14H28N4O.HI/c1-12(2)11-18-5-3-4-13(18)10-16-14(15)17-6-8-19-9-7-17;/h12-13H,3-11H2,1-2H3,(H2,15,16);1H/t13-;/m1./s1. The lowest BCUT2D eigenvalue weighted by atomic mass is 10.2. The molecular formula is C14H29IN4O. The quantitative estimate of drug-likeness (QED) is 0.443. The average Bonchev–Trinajstić information content (AvgIpc) is 2.83. The van der Waals surface area contributed by atoms with Crippen LogP contribution in [0.5, 0.6) is 0 Å². The first-order valence-corrected chi connectivity index (χ1v) is 7.53. The Hall–Kier alpha value is -0.0800. The van der Waals surface area contributed by atoms with Gasteiger partial charge in [-0.25, -0.2) is 0 Å². The fraction of sp³-hybridized carbons (Fsp3) is 0.929. The van der Waals surface area contributed by atoms with E-state index in [1.807, 2.05) is 0 Å². The largest absolute Gasteiger partial charge is 0.378 e. The number of nitrogens with zero attached hydrogens (tertiary/aromatic N) is 3. The monoisotopic (exact) mass is 396 g/mol. The maximum absolute atomic E-state index is 6.08. The van der Waals surface area contributed by atoms with Crippen molar-refractivity contribution in [3.05, 3.63) is 0 Å². The van der Waals surface area contributed by atoms with Gasteiger partial charge < -0.3 is 15.4 Å². The SMILES string of the molecule is CC(C)CN1CCC[C@@H]1CN=C(N)N1CCOCC1.I. The van der Waals surface area contributed by atoms with Crippen LogP contribution >= 0.6 is 24.0 Å². The lowest BCUT2D eigenvalue weighted by Gasteiger charge is -2.29. The molecule has 1 atom stereocenters.